The van der Waals surface area contributed by atoms with Crippen LogP contribution >= 0.6 is 0 Å². The number of carbonyl (C=O) groups excluding carboxylic acids is 2. The lowest BCUT2D eigenvalue weighted by Gasteiger charge is -2.45. The molecule has 2 rings (SSSR count). The van der Waals surface area contributed by atoms with E-state index < -0.39 is 97.5 Å². The number of hydrogen-bond acceptors (Lipinski definition) is 6. The Labute approximate surface area is 334 Å². The molecule has 0 spiro atoms. The van der Waals surface area contributed by atoms with Crippen molar-refractivity contribution >= 4 is 20.1 Å². The van der Waals surface area contributed by atoms with Crippen LogP contribution in [0.5, 0.6) is 5.75 Å². The summed E-state index contributed by atoms with van der Waals surface area (Å²) in [4.78, 5) is 26.6. The van der Waals surface area contributed by atoms with Crippen molar-refractivity contribution in [2.45, 2.75) is 127 Å². The number of rotatable bonds is 22. The maximum absolute atomic E-state index is 15.2. The monoisotopic (exact) mass is 886 g/mol. The summed E-state index contributed by atoms with van der Waals surface area (Å²) in [7, 11) is -2.73. The molecule has 59 heavy (non-hydrogen) atoms. The Hall–Kier alpha value is -3.65. The van der Waals surface area contributed by atoms with Crippen LogP contribution in [0.1, 0.15) is 70.8 Å². The van der Waals surface area contributed by atoms with Gasteiger partial charge in [-0.1, -0.05) is 71.0 Å². The van der Waals surface area contributed by atoms with E-state index >= 15 is 8.78 Å². The topological polar surface area (TPSA) is 71.1 Å². The lowest BCUT2D eigenvalue weighted by Crippen LogP contribution is -2.70. The average Bonchev–Trinajstić information content (AvgIpc) is 3.15. The number of esters is 1. The molecule has 0 aliphatic carbocycles. The predicted molar refractivity (Wildman–Crippen MR) is 193 cm³/mol. The smallest absolute Gasteiger partial charge is 0.460 e. The maximum Gasteiger partial charge on any atom is 0.460 e. The highest BCUT2D eigenvalue weighted by Crippen LogP contribution is 2.61. The zero-order valence-corrected chi connectivity index (χ0v) is 34.4. The predicted octanol–water partition coefficient (Wildman–Crippen LogP) is 11.9. The number of Topliss-reactive ketones (excluding diaryl/α,β-unsaturated/α-hetero) is 1. The van der Waals surface area contributed by atoms with E-state index in [1.54, 1.807) is 30.3 Å². The second kappa shape index (κ2) is 19.4. The third-order valence-electron chi connectivity index (χ3n) is 10.1. The molecule has 2 aromatic rings. The minimum absolute atomic E-state index is 0.0683. The molecule has 0 aliphatic heterocycles. The Morgan fingerprint density at radius 3 is 1.69 bits per heavy atom. The highest BCUT2D eigenvalue weighted by Gasteiger charge is 2.90. The van der Waals surface area contributed by atoms with Crippen LogP contribution in [0.4, 0.5) is 57.1 Å². The van der Waals surface area contributed by atoms with Crippen LogP contribution in [0.15, 0.2) is 66.2 Å². The minimum Gasteiger partial charge on any atom is -0.497 e. The van der Waals surface area contributed by atoms with Gasteiger partial charge >= 0.3 is 41.8 Å². The van der Waals surface area contributed by atoms with E-state index in [-0.39, 0.29) is 24.4 Å². The number of halogens is 13. The molecule has 20 heteroatoms. The molecule has 0 unspecified atom stereocenters. The lowest BCUT2D eigenvalue weighted by molar-refractivity contribution is -0.440. The second-order valence-electron chi connectivity index (χ2n) is 14.7. The molecule has 334 valence electrons. The molecule has 0 radical (unpaired) electrons. The van der Waals surface area contributed by atoms with Gasteiger partial charge in [0.05, 0.1) is 32.0 Å². The van der Waals surface area contributed by atoms with Gasteiger partial charge in [0.1, 0.15) is 5.75 Å². The van der Waals surface area contributed by atoms with Gasteiger partial charge in [-0.2, -0.15) is 57.1 Å². The molecule has 0 aliphatic rings. The Kier molecular flexibility index (Phi) is 16.9. The van der Waals surface area contributed by atoms with Crippen molar-refractivity contribution in [3.05, 3.63) is 77.4 Å². The summed E-state index contributed by atoms with van der Waals surface area (Å²) in [5, 5.41) is 0. The molecule has 0 heterocycles. The normalized spacial score (nSPS) is 15.6. The minimum atomic E-state index is -8.02. The van der Waals surface area contributed by atoms with Crippen molar-refractivity contribution in [1.82, 2.24) is 0 Å². The quantitative estimate of drug-likeness (QED) is 0.0386. The number of ketones is 1. The summed E-state index contributed by atoms with van der Waals surface area (Å²) in [6.45, 7) is 9.48. The fraction of sp³-hybridized carbons (Fsp3) is 0.590. The van der Waals surface area contributed by atoms with E-state index in [1.165, 1.54) is 85.9 Å². The lowest BCUT2D eigenvalue weighted by atomic mass is 9.92. The van der Waals surface area contributed by atoms with E-state index in [4.69, 9.17) is 18.6 Å². The summed E-state index contributed by atoms with van der Waals surface area (Å²) < 4.78 is 205. The van der Waals surface area contributed by atoms with Crippen molar-refractivity contribution in [3.63, 3.8) is 0 Å². The van der Waals surface area contributed by atoms with Crippen LogP contribution in [-0.4, -0.2) is 81.8 Å². The first kappa shape index (κ1) is 51.5. The summed E-state index contributed by atoms with van der Waals surface area (Å²) in [6, 6.07) is 13.0. The first-order chi connectivity index (χ1) is 26.9. The Bertz CT molecular complexity index is 1710. The second-order valence-corrected chi connectivity index (χ2v) is 19.7. The molecule has 3 atom stereocenters. The number of carbonyl (C=O) groups is 2. The first-order valence-electron chi connectivity index (χ1n) is 18.2. The van der Waals surface area contributed by atoms with Crippen LogP contribution in [0.2, 0.25) is 17.1 Å². The molecule has 0 fully saturated rings. The van der Waals surface area contributed by atoms with E-state index in [1.807, 2.05) is 0 Å². The largest absolute Gasteiger partial charge is 0.497 e. The van der Waals surface area contributed by atoms with Crippen LogP contribution in [-0.2, 0) is 25.3 Å². The molecular formula is C39H47F13O6Si. The van der Waals surface area contributed by atoms with Crippen molar-refractivity contribution in [3.8, 4) is 5.75 Å². The molecule has 0 amide bonds. The number of benzene rings is 2. The van der Waals surface area contributed by atoms with Gasteiger partial charge in [0, 0.05) is 12.3 Å². The zero-order chi connectivity index (χ0) is 45.6. The zero-order valence-electron chi connectivity index (χ0n) is 33.4. The molecular weight excluding hydrogens is 839 g/mol. The molecule has 2 aromatic carbocycles. The Balaban J connectivity index is 2.57. The highest BCUT2D eigenvalue weighted by molar-refractivity contribution is 6.76. The number of alkyl halides is 13. The van der Waals surface area contributed by atoms with E-state index in [0.29, 0.717) is 5.75 Å². The number of methoxy groups -OCH3 is 1. The van der Waals surface area contributed by atoms with Crippen molar-refractivity contribution in [2.24, 2.45) is 5.92 Å². The van der Waals surface area contributed by atoms with Crippen molar-refractivity contribution in [1.29, 1.82) is 0 Å². The molecule has 0 N–H and O–H groups in total. The fourth-order valence-corrected chi connectivity index (χ4v) is 11.0. The van der Waals surface area contributed by atoms with Crippen LogP contribution in [0, 0.1) is 5.92 Å². The molecule has 0 saturated carbocycles. The van der Waals surface area contributed by atoms with E-state index in [0.717, 1.165) is 5.56 Å². The van der Waals surface area contributed by atoms with Gasteiger partial charge in [0.2, 0.25) is 0 Å². The fourth-order valence-electron chi connectivity index (χ4n) is 6.30. The molecule has 6 nitrogen and oxygen atoms in total. The van der Waals surface area contributed by atoms with Crippen LogP contribution < -0.4 is 4.74 Å². The van der Waals surface area contributed by atoms with Gasteiger partial charge in [0.15, 0.2) is 20.2 Å². The Morgan fingerprint density at radius 1 is 0.712 bits per heavy atom. The molecule has 0 aromatic heterocycles. The summed E-state index contributed by atoms with van der Waals surface area (Å²) >= 11 is 0. The van der Waals surface area contributed by atoms with Crippen molar-refractivity contribution in [2.75, 3.05) is 13.7 Å². The van der Waals surface area contributed by atoms with Gasteiger partial charge in [-0.15, -0.1) is 0 Å². The summed E-state index contributed by atoms with van der Waals surface area (Å²) in [6.07, 6.45) is -11.4. The number of hydrogen-bond donors (Lipinski definition) is 0. The van der Waals surface area contributed by atoms with Gasteiger partial charge < -0.3 is 18.6 Å². The average molecular weight is 887 g/mol. The van der Waals surface area contributed by atoms with Gasteiger partial charge in [-0.05, 0) is 66.4 Å². The molecule has 0 bridgehead atoms. The summed E-state index contributed by atoms with van der Waals surface area (Å²) in [5.74, 6) is -40.0. The van der Waals surface area contributed by atoms with Crippen LogP contribution in [0.3, 0.4) is 0 Å². The van der Waals surface area contributed by atoms with E-state index in [2.05, 4.69) is 0 Å². The third kappa shape index (κ3) is 11.0. The summed E-state index contributed by atoms with van der Waals surface area (Å²) in [5.41, 5.74) is -0.789. The van der Waals surface area contributed by atoms with Gasteiger partial charge in [-0.3, -0.25) is 4.79 Å². The van der Waals surface area contributed by atoms with Gasteiger partial charge in [-0.25, -0.2) is 4.79 Å². The number of ether oxygens (including phenoxy) is 3. The standard InChI is InChI=1S/C39H47F13O6Si/c1-23(2)59(24(3)4,21-19-34(40,41)35(42,43)36(44,45)37(46,47)38(48,49)39(50,51)52)58-32(25(5)18-20-56-22-28-14-16-30(55-8)17-15-28)26(6)31(53)27(7)57-33(54)29-12-10-9-11-13-29/h9-18,23-24,26-27,32H,19-22H2,1-8H3/b25-18+/t26-,27-,32+/m0/s1. The maximum atomic E-state index is 15.2. The Morgan fingerprint density at radius 2 is 1.22 bits per heavy atom. The van der Waals surface area contributed by atoms with Crippen molar-refractivity contribution < 1.29 is 85.3 Å². The molecule has 0 saturated heterocycles. The first-order valence-corrected chi connectivity index (χ1v) is 20.4. The van der Waals surface area contributed by atoms with Gasteiger partial charge in [0.25, 0.3) is 0 Å². The van der Waals surface area contributed by atoms with E-state index in [9.17, 15) is 57.9 Å². The van der Waals surface area contributed by atoms with Crippen LogP contribution in [0.25, 0.3) is 0 Å². The highest BCUT2D eigenvalue weighted by atomic mass is 28.4. The SMILES string of the molecule is COc1ccc(COC/C=C(\C)[C@@H](O[Si](CCC(F)(F)C(F)(F)C(F)(F)C(F)(F)C(F)(F)C(F)(F)F)(C(C)C)C(C)C)[C@@H](C)C(=O)[C@H](C)OC(=O)c2ccccc2)cc1. The third-order valence-corrected chi connectivity index (χ3v) is 15.8.